The number of aromatic amines is 2. The van der Waals surface area contributed by atoms with E-state index in [1.807, 2.05) is 6.92 Å². The molecule has 0 amide bonds. The van der Waals surface area contributed by atoms with Crippen LogP contribution in [-0.4, -0.2) is 24.4 Å². The van der Waals surface area contributed by atoms with Gasteiger partial charge in [-0.15, -0.1) is 0 Å². The molecule has 2 aliphatic rings. The Morgan fingerprint density at radius 2 is 1.96 bits per heavy atom. The molecule has 25 heavy (non-hydrogen) atoms. The van der Waals surface area contributed by atoms with Gasteiger partial charge in [-0.1, -0.05) is 6.42 Å². The predicted molar refractivity (Wildman–Crippen MR) is 93.9 cm³/mol. The van der Waals surface area contributed by atoms with E-state index in [1.165, 1.54) is 37.5 Å². The Labute approximate surface area is 144 Å². The van der Waals surface area contributed by atoms with Crippen molar-refractivity contribution in [3.8, 4) is 0 Å². The summed E-state index contributed by atoms with van der Waals surface area (Å²) in [6.45, 7) is 1.92. The molecule has 0 saturated heterocycles. The van der Waals surface area contributed by atoms with Crippen LogP contribution in [0.25, 0.3) is 10.9 Å². The Hall–Kier alpha value is -1.93. The molecule has 1 aromatic heterocycles. The first-order valence-electron chi connectivity index (χ1n) is 8.62. The lowest BCUT2D eigenvalue weighted by molar-refractivity contribution is 0.280. The fourth-order valence-corrected chi connectivity index (χ4v) is 5.94. The number of hydrogen-bond donors (Lipinski definition) is 3. The van der Waals surface area contributed by atoms with Crippen LogP contribution >= 0.6 is 0 Å². The summed E-state index contributed by atoms with van der Waals surface area (Å²) in [4.78, 5) is 27.8. The summed E-state index contributed by atoms with van der Waals surface area (Å²) in [5.74, 6) is 1.75. The van der Waals surface area contributed by atoms with Gasteiger partial charge in [0.2, 0.25) is 10.0 Å². The summed E-state index contributed by atoms with van der Waals surface area (Å²) in [6, 6.07) is 4.03. The number of benzene rings is 1. The van der Waals surface area contributed by atoms with E-state index >= 15 is 0 Å². The van der Waals surface area contributed by atoms with Gasteiger partial charge in [0.25, 0.3) is 5.56 Å². The van der Waals surface area contributed by atoms with Crippen molar-refractivity contribution in [3.63, 3.8) is 0 Å². The van der Waals surface area contributed by atoms with Crippen LogP contribution in [0.15, 0.2) is 32.7 Å². The molecule has 134 valence electrons. The van der Waals surface area contributed by atoms with Gasteiger partial charge in [0.05, 0.1) is 15.8 Å². The molecule has 2 aromatic rings. The molecule has 4 rings (SSSR count). The van der Waals surface area contributed by atoms with Crippen LogP contribution in [0, 0.1) is 17.8 Å². The summed E-state index contributed by atoms with van der Waals surface area (Å²) < 4.78 is 28.2. The third-order valence-electron chi connectivity index (χ3n) is 5.80. The standard InChI is InChI=1S/C17H21N3O4S/c1-9(13-7-10-2-3-11(13)6-10)20-25(23,24)12-4-5-15-14(8-12)16(21)19-17(22)18-15/h4-5,8-11,13,20H,2-3,6-7H2,1H3,(H2,18,19,21,22). The molecule has 1 aromatic carbocycles. The molecular formula is C17H21N3O4S. The van der Waals surface area contributed by atoms with Crippen molar-refractivity contribution < 1.29 is 8.42 Å². The first kappa shape index (κ1) is 16.5. The summed E-state index contributed by atoms with van der Waals surface area (Å²) >= 11 is 0. The van der Waals surface area contributed by atoms with Crippen LogP contribution in [0.4, 0.5) is 0 Å². The maximum atomic E-state index is 12.7. The zero-order valence-corrected chi connectivity index (χ0v) is 14.7. The maximum Gasteiger partial charge on any atom is 0.326 e. The molecular weight excluding hydrogens is 342 g/mol. The topological polar surface area (TPSA) is 112 Å². The summed E-state index contributed by atoms with van der Waals surface area (Å²) in [6.07, 6.45) is 4.77. The minimum Gasteiger partial charge on any atom is -0.307 e. The van der Waals surface area contributed by atoms with E-state index in [1.54, 1.807) is 0 Å². The lowest BCUT2D eigenvalue weighted by atomic mass is 9.84. The van der Waals surface area contributed by atoms with E-state index in [4.69, 9.17) is 0 Å². The molecule has 2 aliphatic carbocycles. The average Bonchev–Trinajstić information content (AvgIpc) is 3.17. The quantitative estimate of drug-likeness (QED) is 0.760. The highest BCUT2D eigenvalue weighted by Gasteiger charge is 2.42. The van der Waals surface area contributed by atoms with Gasteiger partial charge in [-0.2, -0.15) is 0 Å². The predicted octanol–water partition coefficient (Wildman–Crippen LogP) is 1.32. The number of H-pyrrole nitrogens is 2. The van der Waals surface area contributed by atoms with Gasteiger partial charge in [0.1, 0.15) is 0 Å². The Balaban J connectivity index is 1.62. The van der Waals surface area contributed by atoms with Crippen LogP contribution < -0.4 is 16.0 Å². The highest BCUT2D eigenvalue weighted by molar-refractivity contribution is 7.89. The van der Waals surface area contributed by atoms with Gasteiger partial charge in [-0.05, 0) is 62.1 Å². The van der Waals surface area contributed by atoms with Gasteiger partial charge >= 0.3 is 5.69 Å². The molecule has 0 radical (unpaired) electrons. The average molecular weight is 363 g/mol. The van der Waals surface area contributed by atoms with Crippen LogP contribution in [0.2, 0.25) is 0 Å². The largest absolute Gasteiger partial charge is 0.326 e. The third-order valence-corrected chi connectivity index (χ3v) is 7.35. The number of rotatable bonds is 4. The number of hydrogen-bond acceptors (Lipinski definition) is 4. The summed E-state index contributed by atoms with van der Waals surface area (Å²) in [5, 5.41) is 0.148. The number of aromatic nitrogens is 2. The minimum atomic E-state index is -3.73. The fraction of sp³-hybridized carbons (Fsp3) is 0.529. The Kier molecular flexibility index (Phi) is 3.84. The highest BCUT2D eigenvalue weighted by atomic mass is 32.2. The zero-order valence-electron chi connectivity index (χ0n) is 13.9. The van der Waals surface area contributed by atoms with Crippen molar-refractivity contribution in [3.05, 3.63) is 39.0 Å². The van der Waals surface area contributed by atoms with E-state index in [0.29, 0.717) is 17.4 Å². The number of fused-ring (bicyclic) bond motifs is 3. The molecule has 8 heteroatoms. The van der Waals surface area contributed by atoms with Gasteiger partial charge in [0, 0.05) is 6.04 Å². The number of sulfonamides is 1. The first-order valence-corrected chi connectivity index (χ1v) is 10.1. The lowest BCUT2D eigenvalue weighted by Crippen LogP contribution is -2.40. The van der Waals surface area contributed by atoms with Crippen LogP contribution in [0.1, 0.15) is 32.6 Å². The maximum absolute atomic E-state index is 12.7. The Bertz CT molecular complexity index is 1040. The fourth-order valence-electron chi connectivity index (χ4n) is 4.62. The molecule has 4 unspecified atom stereocenters. The van der Waals surface area contributed by atoms with Gasteiger partial charge in [-0.3, -0.25) is 9.78 Å². The minimum absolute atomic E-state index is 0.0348. The second-order valence-corrected chi connectivity index (χ2v) is 9.08. The molecule has 0 spiro atoms. The molecule has 4 atom stereocenters. The summed E-state index contributed by atoms with van der Waals surface area (Å²) in [5.41, 5.74) is -0.901. The first-order chi connectivity index (χ1) is 11.8. The highest BCUT2D eigenvalue weighted by Crippen LogP contribution is 2.49. The van der Waals surface area contributed by atoms with Gasteiger partial charge in [-0.25, -0.2) is 17.9 Å². The molecule has 1 heterocycles. The van der Waals surface area contributed by atoms with E-state index in [0.717, 1.165) is 12.3 Å². The smallest absolute Gasteiger partial charge is 0.307 e. The monoisotopic (exact) mass is 363 g/mol. The Morgan fingerprint density at radius 3 is 2.64 bits per heavy atom. The van der Waals surface area contributed by atoms with Crippen LogP contribution in [0.5, 0.6) is 0 Å². The van der Waals surface area contributed by atoms with Crippen molar-refractivity contribution in [1.29, 1.82) is 0 Å². The Morgan fingerprint density at radius 1 is 1.16 bits per heavy atom. The molecule has 2 fully saturated rings. The third kappa shape index (κ3) is 2.93. The number of nitrogens with one attached hydrogen (secondary N) is 3. The molecule has 3 N–H and O–H groups in total. The van der Waals surface area contributed by atoms with Gasteiger partial charge < -0.3 is 4.98 Å². The van der Waals surface area contributed by atoms with Crippen molar-refractivity contribution in [2.75, 3.05) is 0 Å². The summed E-state index contributed by atoms with van der Waals surface area (Å²) in [7, 11) is -3.73. The second-order valence-electron chi connectivity index (χ2n) is 7.36. The molecule has 2 saturated carbocycles. The van der Waals surface area contributed by atoms with Crippen molar-refractivity contribution in [1.82, 2.24) is 14.7 Å². The SMILES string of the molecule is CC(NS(=O)(=O)c1ccc2[nH]c(=O)[nH]c(=O)c2c1)C1CC2CCC1C2. The van der Waals surface area contributed by atoms with Crippen LogP contribution in [-0.2, 0) is 10.0 Å². The normalized spacial score (nSPS) is 27.0. The van der Waals surface area contributed by atoms with E-state index in [9.17, 15) is 18.0 Å². The van der Waals surface area contributed by atoms with Crippen molar-refractivity contribution >= 4 is 20.9 Å². The molecule has 2 bridgehead atoms. The van der Waals surface area contributed by atoms with E-state index in [-0.39, 0.29) is 16.3 Å². The van der Waals surface area contributed by atoms with E-state index < -0.39 is 21.3 Å². The second kappa shape index (κ2) is 5.81. The van der Waals surface area contributed by atoms with Crippen molar-refractivity contribution in [2.24, 2.45) is 17.8 Å². The van der Waals surface area contributed by atoms with Crippen LogP contribution in [0.3, 0.4) is 0 Å². The van der Waals surface area contributed by atoms with E-state index in [2.05, 4.69) is 14.7 Å². The molecule has 0 aliphatic heterocycles. The van der Waals surface area contributed by atoms with Gasteiger partial charge in [0.15, 0.2) is 0 Å². The lowest BCUT2D eigenvalue weighted by Gasteiger charge is -2.28. The molecule has 7 nitrogen and oxygen atoms in total. The zero-order chi connectivity index (χ0) is 17.8. The van der Waals surface area contributed by atoms with Crippen molar-refractivity contribution in [2.45, 2.75) is 43.5 Å².